The summed E-state index contributed by atoms with van der Waals surface area (Å²) in [6.45, 7) is 5.76. The Labute approximate surface area is 160 Å². The standard InChI is InChI=1S/C18H21N5O3S/c1-11-9-20-8-7-12(11)17(24)21-18(2,3)10-26-14-6-4-5-13-15(14)16(19)23-27(25)22-13/h4-9,22H,10H2,1-3H3,(H2,19,23)(H,21,24). The maximum absolute atomic E-state index is 12.5. The fourth-order valence-corrected chi connectivity index (χ4v) is 3.32. The molecule has 1 aromatic heterocycles. The average Bonchev–Trinajstić information content (AvgIpc) is 2.59. The first-order chi connectivity index (χ1) is 12.8. The summed E-state index contributed by atoms with van der Waals surface area (Å²) in [7, 11) is 0. The molecular weight excluding hydrogens is 366 g/mol. The number of nitrogens with one attached hydrogen (secondary N) is 2. The van der Waals surface area contributed by atoms with Crippen LogP contribution in [0, 0.1) is 6.92 Å². The summed E-state index contributed by atoms with van der Waals surface area (Å²) in [6.07, 6.45) is 3.23. The van der Waals surface area contributed by atoms with E-state index in [0.29, 0.717) is 22.6 Å². The molecule has 1 aliphatic rings. The number of nitrogens with two attached hydrogens (primary N) is 1. The van der Waals surface area contributed by atoms with Gasteiger partial charge >= 0.3 is 0 Å². The molecule has 1 aliphatic heterocycles. The van der Waals surface area contributed by atoms with E-state index in [0.717, 1.165) is 5.56 Å². The van der Waals surface area contributed by atoms with Crippen LogP contribution in [0.2, 0.25) is 0 Å². The largest absolute Gasteiger partial charge is 0.490 e. The Morgan fingerprint density at radius 2 is 2.15 bits per heavy atom. The minimum atomic E-state index is -1.60. The van der Waals surface area contributed by atoms with Gasteiger partial charge in [0, 0.05) is 18.0 Å². The second-order valence-corrected chi connectivity index (χ2v) is 7.71. The summed E-state index contributed by atoms with van der Waals surface area (Å²) in [5, 5.41) is 2.96. The normalized spacial score (nSPS) is 16.0. The van der Waals surface area contributed by atoms with Crippen molar-refractivity contribution in [3.8, 4) is 5.75 Å². The molecule has 0 radical (unpaired) electrons. The lowest BCUT2D eigenvalue weighted by atomic mass is 10.0. The molecule has 1 aromatic carbocycles. The number of amidine groups is 1. The lowest BCUT2D eigenvalue weighted by molar-refractivity contribution is 0.0880. The Kier molecular flexibility index (Phi) is 5.13. The second-order valence-electron chi connectivity index (χ2n) is 6.82. The van der Waals surface area contributed by atoms with Crippen molar-refractivity contribution in [2.45, 2.75) is 26.3 Å². The highest BCUT2D eigenvalue weighted by Gasteiger charge is 2.25. The molecule has 3 rings (SSSR count). The van der Waals surface area contributed by atoms with Crippen LogP contribution in [0.3, 0.4) is 0 Å². The van der Waals surface area contributed by atoms with Gasteiger partial charge in [0.25, 0.3) is 5.91 Å². The van der Waals surface area contributed by atoms with Crippen LogP contribution in [0.5, 0.6) is 5.75 Å². The summed E-state index contributed by atoms with van der Waals surface area (Å²) in [5.74, 6) is 0.448. The van der Waals surface area contributed by atoms with Crippen LogP contribution in [-0.4, -0.2) is 33.1 Å². The first-order valence-electron chi connectivity index (χ1n) is 8.29. The van der Waals surface area contributed by atoms with Gasteiger partial charge in [0.05, 0.1) is 16.8 Å². The maximum Gasteiger partial charge on any atom is 0.252 e. The van der Waals surface area contributed by atoms with Gasteiger partial charge in [-0.3, -0.25) is 14.5 Å². The molecule has 0 saturated carbocycles. The van der Waals surface area contributed by atoms with Crippen molar-refractivity contribution >= 4 is 28.6 Å². The van der Waals surface area contributed by atoms with E-state index in [9.17, 15) is 9.00 Å². The summed E-state index contributed by atoms with van der Waals surface area (Å²) in [5.41, 5.74) is 7.78. The van der Waals surface area contributed by atoms with Crippen molar-refractivity contribution in [1.29, 1.82) is 0 Å². The molecule has 8 nitrogen and oxygen atoms in total. The number of benzene rings is 1. The fraction of sp³-hybridized carbons (Fsp3) is 0.278. The summed E-state index contributed by atoms with van der Waals surface area (Å²) < 4.78 is 24.1. The third-order valence-electron chi connectivity index (χ3n) is 3.97. The van der Waals surface area contributed by atoms with Crippen molar-refractivity contribution in [3.05, 3.63) is 53.3 Å². The Morgan fingerprint density at radius 1 is 1.37 bits per heavy atom. The monoisotopic (exact) mass is 387 g/mol. The van der Waals surface area contributed by atoms with Crippen molar-refractivity contribution in [1.82, 2.24) is 10.3 Å². The van der Waals surface area contributed by atoms with Crippen LogP contribution < -0.4 is 20.5 Å². The summed E-state index contributed by atoms with van der Waals surface area (Å²) >= 11 is -1.60. The van der Waals surface area contributed by atoms with Gasteiger partial charge in [-0.25, -0.2) is 4.21 Å². The molecule has 27 heavy (non-hydrogen) atoms. The summed E-state index contributed by atoms with van der Waals surface area (Å²) in [4.78, 5) is 16.5. The molecule has 4 N–H and O–H groups in total. The number of anilines is 1. The molecule has 1 unspecified atom stereocenters. The lowest BCUT2D eigenvalue weighted by Gasteiger charge is -2.28. The lowest BCUT2D eigenvalue weighted by Crippen LogP contribution is -2.48. The van der Waals surface area contributed by atoms with Crippen LogP contribution in [0.15, 0.2) is 41.1 Å². The number of aryl methyl sites for hydroxylation is 1. The van der Waals surface area contributed by atoms with E-state index in [1.165, 1.54) is 0 Å². The van der Waals surface area contributed by atoms with E-state index in [1.807, 2.05) is 20.8 Å². The van der Waals surface area contributed by atoms with Crippen LogP contribution in [-0.2, 0) is 11.2 Å². The highest BCUT2D eigenvalue weighted by atomic mass is 32.2. The zero-order valence-corrected chi connectivity index (χ0v) is 16.1. The maximum atomic E-state index is 12.5. The molecule has 0 fully saturated rings. The Bertz CT molecular complexity index is 942. The fourth-order valence-electron chi connectivity index (χ4n) is 2.65. The van der Waals surface area contributed by atoms with E-state index in [2.05, 4.69) is 19.4 Å². The Morgan fingerprint density at radius 3 is 2.89 bits per heavy atom. The van der Waals surface area contributed by atoms with Crippen LogP contribution in [0.1, 0.15) is 35.3 Å². The minimum Gasteiger partial charge on any atom is -0.490 e. The molecular formula is C18H21N5O3S. The van der Waals surface area contributed by atoms with E-state index < -0.39 is 16.7 Å². The zero-order chi connectivity index (χ0) is 19.6. The van der Waals surface area contributed by atoms with Gasteiger partial charge in [0.1, 0.15) is 18.2 Å². The van der Waals surface area contributed by atoms with Gasteiger partial charge < -0.3 is 15.8 Å². The molecule has 0 aliphatic carbocycles. The molecule has 9 heteroatoms. The van der Waals surface area contributed by atoms with Crippen molar-refractivity contribution < 1.29 is 13.7 Å². The third-order valence-corrected chi connectivity index (χ3v) is 4.72. The number of ether oxygens (including phenoxy) is 1. The van der Waals surface area contributed by atoms with Crippen molar-refractivity contribution in [2.24, 2.45) is 10.1 Å². The van der Waals surface area contributed by atoms with Crippen molar-refractivity contribution in [2.75, 3.05) is 11.3 Å². The van der Waals surface area contributed by atoms with E-state index >= 15 is 0 Å². The predicted molar refractivity (Wildman–Crippen MR) is 105 cm³/mol. The predicted octanol–water partition coefficient (Wildman–Crippen LogP) is 1.69. The number of pyridine rings is 1. The molecule has 1 atom stereocenters. The van der Waals surface area contributed by atoms with Crippen LogP contribution >= 0.6 is 0 Å². The minimum absolute atomic E-state index is 0.145. The van der Waals surface area contributed by atoms with Gasteiger partial charge in [-0.05, 0) is 44.5 Å². The number of fused-ring (bicyclic) bond motifs is 1. The molecule has 2 heterocycles. The van der Waals surface area contributed by atoms with Gasteiger partial charge in [-0.1, -0.05) is 6.07 Å². The second kappa shape index (κ2) is 7.36. The number of aromatic nitrogens is 1. The number of hydrogen-bond donors (Lipinski definition) is 3. The average molecular weight is 387 g/mol. The summed E-state index contributed by atoms with van der Waals surface area (Å²) in [6, 6.07) is 6.95. The smallest absolute Gasteiger partial charge is 0.252 e. The first kappa shape index (κ1) is 18.8. The molecule has 2 aromatic rings. The molecule has 142 valence electrons. The van der Waals surface area contributed by atoms with Gasteiger partial charge in [-0.2, -0.15) is 4.40 Å². The number of nitrogens with zero attached hydrogens (tertiary/aromatic N) is 2. The topological polar surface area (TPSA) is 119 Å². The molecule has 1 amide bonds. The van der Waals surface area contributed by atoms with E-state index in [-0.39, 0.29) is 18.3 Å². The highest BCUT2D eigenvalue weighted by molar-refractivity contribution is 7.85. The van der Waals surface area contributed by atoms with E-state index in [1.54, 1.807) is 36.7 Å². The third kappa shape index (κ3) is 4.25. The quantitative estimate of drug-likeness (QED) is 0.721. The van der Waals surface area contributed by atoms with E-state index in [4.69, 9.17) is 10.5 Å². The first-order valence-corrected chi connectivity index (χ1v) is 9.39. The van der Waals surface area contributed by atoms with Gasteiger partial charge in [-0.15, -0.1) is 0 Å². The number of amides is 1. The SMILES string of the molecule is Cc1cnccc1C(=O)NC(C)(C)COc1cccc2c1C(N)=NS(=O)N2. The molecule has 0 saturated heterocycles. The Balaban J connectivity index is 1.73. The van der Waals surface area contributed by atoms with Crippen LogP contribution in [0.25, 0.3) is 0 Å². The number of hydrogen-bond acceptors (Lipinski definition) is 5. The van der Waals surface area contributed by atoms with Crippen LogP contribution in [0.4, 0.5) is 5.69 Å². The number of carbonyl (C=O) groups is 1. The molecule has 0 spiro atoms. The number of carbonyl (C=O) groups excluding carboxylic acids is 1. The molecule has 0 bridgehead atoms. The van der Waals surface area contributed by atoms with Gasteiger partial charge in [0.2, 0.25) is 11.2 Å². The van der Waals surface area contributed by atoms with Gasteiger partial charge in [0.15, 0.2) is 0 Å². The number of rotatable bonds is 5. The Hall–Kier alpha value is -2.94. The highest BCUT2D eigenvalue weighted by Crippen LogP contribution is 2.30. The zero-order valence-electron chi connectivity index (χ0n) is 15.3. The van der Waals surface area contributed by atoms with Crippen molar-refractivity contribution in [3.63, 3.8) is 0 Å².